The number of aromatic nitrogens is 10. The van der Waals surface area contributed by atoms with Gasteiger partial charge < -0.3 is 47.4 Å². The lowest BCUT2D eigenvalue weighted by atomic mass is 9.78. The maximum atomic E-state index is 6.12. The predicted molar refractivity (Wildman–Crippen MR) is 492 cm³/mol. The number of hydrogen-bond acceptors (Lipinski definition) is 27. The van der Waals surface area contributed by atoms with Gasteiger partial charge in [-0.1, -0.05) is 103 Å². The quantitative estimate of drug-likeness (QED) is 0.149. The van der Waals surface area contributed by atoms with Crippen molar-refractivity contribution >= 4 is 46.7 Å². The van der Waals surface area contributed by atoms with E-state index >= 15 is 0 Å². The molecule has 0 bridgehead atoms. The summed E-state index contributed by atoms with van der Waals surface area (Å²) in [7, 11) is 0. The Morgan fingerprint density at radius 1 is 0.297 bits per heavy atom. The van der Waals surface area contributed by atoms with E-state index < -0.39 is 0 Å². The molecule has 26 nitrogen and oxygen atoms in total. The highest BCUT2D eigenvalue weighted by Gasteiger charge is 2.51. The molecule has 128 heavy (non-hydrogen) atoms. The maximum absolute atomic E-state index is 6.12. The van der Waals surface area contributed by atoms with Crippen LogP contribution in [0, 0.1) is 0 Å². The zero-order valence-electron chi connectivity index (χ0n) is 73.2. The van der Waals surface area contributed by atoms with Gasteiger partial charge in [0.05, 0.1) is 11.2 Å². The molecule has 6 aromatic carbocycles. The number of rotatable bonds is 6. The van der Waals surface area contributed by atoms with E-state index in [1.807, 2.05) is 114 Å². The van der Waals surface area contributed by atoms with Crippen molar-refractivity contribution in [2.24, 2.45) is 30.0 Å². The molecule has 10 aliphatic heterocycles. The smallest absolute Gasteiger partial charge is 0.181 e. The van der Waals surface area contributed by atoms with Gasteiger partial charge in [0.1, 0.15) is 146 Å². The largest absolute Gasteiger partial charge is 0.490 e. The molecule has 6 spiro atoms. The minimum Gasteiger partial charge on any atom is -0.490 e. The van der Waals surface area contributed by atoms with Crippen molar-refractivity contribution in [1.82, 2.24) is 49.8 Å². The third-order valence-electron chi connectivity index (χ3n) is 26.0. The Balaban J connectivity index is 0.0000000999. The average molecular weight is 1730 g/mol. The lowest BCUT2D eigenvalue weighted by molar-refractivity contribution is 0.0935. The Kier molecular flexibility index (Phi) is 23.2. The zero-order chi connectivity index (χ0) is 87.6. The molecule has 0 saturated heterocycles. The van der Waals surface area contributed by atoms with E-state index in [9.17, 15) is 0 Å². The van der Waals surface area contributed by atoms with Crippen LogP contribution in [0.25, 0.3) is 66.9 Å². The van der Waals surface area contributed by atoms with E-state index in [4.69, 9.17) is 72.3 Å². The molecule has 16 heterocycles. The van der Waals surface area contributed by atoms with Crippen molar-refractivity contribution in [1.29, 1.82) is 0 Å². The monoisotopic (exact) mass is 1730 g/mol. The molecule has 9 atom stereocenters. The van der Waals surface area contributed by atoms with Crippen molar-refractivity contribution in [2.45, 2.75) is 178 Å². The van der Waals surface area contributed by atoms with Gasteiger partial charge in [-0.2, -0.15) is 0 Å². The standard InChI is InChI=1S/C18H18N2O.3C17H17N3O2.C17H17N3O.C15H14N2O2S/c1-13-20-18(12-21-13)7-4-16-10-15(2-3-17(16)11-18)14-5-8-19-9-6-14;3*1-11-17(20-12(2)22-11)6-13-4-3-5-15(16(13)21-9-17)14-7-18-10-19-8-14;1-12-20-17(10-21-12)5-4-14-6-13(2-3-15(14)7-17)16-8-18-11-19-9-16;1-10-17-15(7-18-10)5-11-3-2-4-12(14(11)19-8-15)13-6-20-9-16-13/h2-3,5-6,8-10H,4,7,11-12H2,1H3;3*3-5,7-8,10-11H,6,9H2,1-2H3;2-3,6,8-9,11H,4-5,7,10H2,1H3;2-4,6,9H,5,7-8H2,1H3/t;11-,17+;11-,17-;;;/m.01.../s1. The first-order chi connectivity index (χ1) is 62.3. The lowest BCUT2D eigenvalue weighted by Crippen LogP contribution is -2.46. The van der Waals surface area contributed by atoms with Crippen molar-refractivity contribution in [3.63, 3.8) is 0 Å². The molecule has 24 rings (SSSR count). The Morgan fingerprint density at radius 3 is 1.01 bits per heavy atom. The van der Waals surface area contributed by atoms with Gasteiger partial charge in [-0.3, -0.25) is 4.98 Å². The minimum absolute atomic E-state index is 0.00470. The van der Waals surface area contributed by atoms with Crippen LogP contribution in [-0.4, -0.2) is 183 Å². The van der Waals surface area contributed by atoms with Crippen molar-refractivity contribution in [2.75, 3.05) is 46.2 Å². The van der Waals surface area contributed by atoms with E-state index in [1.165, 1.54) is 63.5 Å². The van der Waals surface area contributed by atoms with Crippen LogP contribution in [0.1, 0.15) is 120 Å². The second-order valence-corrected chi connectivity index (χ2v) is 35.6. The van der Waals surface area contributed by atoms with Crippen molar-refractivity contribution in [3.8, 4) is 89.9 Å². The second kappa shape index (κ2) is 35.3. The van der Waals surface area contributed by atoms with E-state index in [0.29, 0.717) is 33.0 Å². The summed E-state index contributed by atoms with van der Waals surface area (Å²) in [6, 6.07) is 42.3. The second-order valence-electron chi connectivity index (χ2n) is 34.9. The number of hydrogen-bond donors (Lipinski definition) is 0. The van der Waals surface area contributed by atoms with E-state index in [0.717, 1.165) is 203 Å². The molecule has 2 aliphatic carbocycles. The van der Waals surface area contributed by atoms with Crippen LogP contribution in [-0.2, 0) is 79.8 Å². The SMILES string of the molecule is CC1=NC2(CCc3cc(-c4ccncc4)ccc3C2)CO1.CC1=NC2(CCc3cc(-c4cncnc4)ccc3C2)CO1.CC1=NC2(CO1)COc1c(cccc1-c1cscn1)C2.CC1=NC2(COc3c(cccc3-c3cncnc3)C2)C(C)O1.CC1=N[C@]2(COc3c(cccc3-c3cncnc3)C2)[C@@H](C)O1.CC1=N[C@]2(COc3c(cccc3-c3cncnc3)C2)[C@H](C)O1. The fourth-order valence-electron chi connectivity index (χ4n) is 19.4. The topological polar surface area (TPSA) is 295 Å². The van der Waals surface area contributed by atoms with Gasteiger partial charge in [0, 0.05) is 192 Å². The first kappa shape index (κ1) is 84.0. The van der Waals surface area contributed by atoms with Gasteiger partial charge in [-0.25, -0.2) is 74.8 Å². The number of para-hydroxylation sites is 4. The normalized spacial score (nSPS) is 24.9. The molecule has 6 aromatic heterocycles. The fraction of sp³-hybridized carbons (Fsp3) is 0.347. The summed E-state index contributed by atoms with van der Waals surface area (Å²) >= 11 is 1.60. The molecule has 0 saturated carbocycles. The molecule has 0 fully saturated rings. The Hall–Kier alpha value is -13.6. The number of nitrogens with zero attached hydrogens (tertiary/aromatic N) is 16. The summed E-state index contributed by atoms with van der Waals surface area (Å²) in [5.74, 6) is 8.34. The summed E-state index contributed by atoms with van der Waals surface area (Å²) < 4.78 is 58.3. The third-order valence-corrected chi connectivity index (χ3v) is 26.6. The highest BCUT2D eigenvalue weighted by molar-refractivity contribution is 7.07. The Bertz CT molecular complexity index is 5860. The highest BCUT2D eigenvalue weighted by atomic mass is 32.1. The van der Waals surface area contributed by atoms with Gasteiger partial charge in [0.2, 0.25) is 0 Å². The number of fused-ring (bicyclic) bond motifs is 6. The Morgan fingerprint density at radius 2 is 0.641 bits per heavy atom. The summed E-state index contributed by atoms with van der Waals surface area (Å²) in [6.07, 6.45) is 34.1. The minimum atomic E-state index is -0.303. The van der Waals surface area contributed by atoms with E-state index in [-0.39, 0.29) is 51.5 Å². The van der Waals surface area contributed by atoms with Crippen molar-refractivity contribution in [3.05, 3.63) is 264 Å². The average Bonchev–Trinajstić information content (AvgIpc) is 1.57. The maximum Gasteiger partial charge on any atom is 0.181 e. The van der Waals surface area contributed by atoms with Crippen LogP contribution in [0.2, 0.25) is 0 Å². The van der Waals surface area contributed by atoms with Gasteiger partial charge in [0.15, 0.2) is 35.4 Å². The predicted octanol–water partition coefficient (Wildman–Crippen LogP) is 17.1. The van der Waals surface area contributed by atoms with Crippen LogP contribution >= 0.6 is 11.3 Å². The third kappa shape index (κ3) is 17.4. The summed E-state index contributed by atoms with van der Waals surface area (Å²) in [5.41, 5.74) is 23.8. The first-order valence-electron chi connectivity index (χ1n) is 43.6. The summed E-state index contributed by atoms with van der Waals surface area (Å²) in [6.45, 7) is 21.9. The fourth-order valence-corrected chi connectivity index (χ4v) is 20.0. The Labute approximate surface area is 747 Å². The molecule has 650 valence electrons. The van der Waals surface area contributed by atoms with Crippen LogP contribution in [0.15, 0.2) is 249 Å². The van der Waals surface area contributed by atoms with Crippen LogP contribution in [0.3, 0.4) is 0 Å². The van der Waals surface area contributed by atoms with Gasteiger partial charge in [-0.15, -0.1) is 11.3 Å². The van der Waals surface area contributed by atoms with Gasteiger partial charge in [0.25, 0.3) is 0 Å². The van der Waals surface area contributed by atoms with Gasteiger partial charge >= 0.3 is 0 Å². The molecule has 0 N–H and O–H groups in total. The molecule has 5 unspecified atom stereocenters. The molecule has 12 aliphatic rings. The first-order valence-corrected chi connectivity index (χ1v) is 44.5. The highest BCUT2D eigenvalue weighted by Crippen LogP contribution is 2.48. The lowest BCUT2D eigenvalue weighted by Gasteiger charge is -2.35. The van der Waals surface area contributed by atoms with Gasteiger partial charge in [-0.05, 0) is 126 Å². The number of thiazole rings is 1. The molecule has 0 radical (unpaired) electrons. The number of pyridine rings is 1. The van der Waals surface area contributed by atoms with Crippen LogP contribution in [0.5, 0.6) is 23.0 Å². The number of aliphatic imine (C=N–C) groups is 6. The number of benzene rings is 6. The summed E-state index contributed by atoms with van der Waals surface area (Å²) in [5, 5.41) is 2.05. The van der Waals surface area contributed by atoms with E-state index in [2.05, 4.69) is 161 Å². The van der Waals surface area contributed by atoms with E-state index in [1.54, 1.807) is 54.8 Å². The molecule has 27 heteroatoms. The van der Waals surface area contributed by atoms with Crippen molar-refractivity contribution < 1.29 is 47.4 Å². The molecular formula is C101H100N16O10S. The molecule has 12 aromatic rings. The zero-order valence-corrected chi connectivity index (χ0v) is 74.0. The number of aryl methyl sites for hydroxylation is 2. The molecular weight excluding hydrogens is 1630 g/mol. The molecule has 0 amide bonds. The number of ether oxygens (including phenoxy) is 10. The van der Waals surface area contributed by atoms with Crippen LogP contribution < -0.4 is 18.9 Å². The van der Waals surface area contributed by atoms with Crippen LogP contribution in [0.4, 0.5) is 0 Å². The summed E-state index contributed by atoms with van der Waals surface area (Å²) in [4.78, 5) is 69.4.